The van der Waals surface area contributed by atoms with Gasteiger partial charge in [-0.3, -0.25) is 0 Å². The third-order valence-corrected chi connectivity index (χ3v) is 4.81. The van der Waals surface area contributed by atoms with E-state index in [2.05, 4.69) is 15.3 Å². The molecule has 1 heterocycles. The Morgan fingerprint density at radius 1 is 1.19 bits per heavy atom. The van der Waals surface area contributed by atoms with E-state index in [-0.39, 0.29) is 40.8 Å². The van der Waals surface area contributed by atoms with Gasteiger partial charge in [-0.15, -0.1) is 0 Å². The van der Waals surface area contributed by atoms with Gasteiger partial charge in [0.1, 0.15) is 23.1 Å². The monoisotopic (exact) mass is 396 g/mol. The number of hydrogen-bond donors (Lipinski definition) is 2. The number of methoxy groups -OCH3 is 2. The molecular weight excluding hydrogens is 372 g/mol. The summed E-state index contributed by atoms with van der Waals surface area (Å²) < 4.78 is 40.2. The highest BCUT2D eigenvalue weighted by molar-refractivity contribution is 7.90. The summed E-state index contributed by atoms with van der Waals surface area (Å²) in [7, 11) is -0.566. The number of nitrogens with two attached hydrogens (primary N) is 1. The third-order valence-electron chi connectivity index (χ3n) is 3.69. The molecule has 0 aliphatic rings. The zero-order valence-corrected chi connectivity index (χ0v) is 16.8. The van der Waals surface area contributed by atoms with Gasteiger partial charge in [0.05, 0.1) is 13.3 Å². The molecule has 0 spiro atoms. The quantitative estimate of drug-likeness (QED) is 0.647. The molecule has 0 aliphatic heterocycles. The van der Waals surface area contributed by atoms with Crippen molar-refractivity contribution in [3.63, 3.8) is 0 Å². The van der Waals surface area contributed by atoms with E-state index in [9.17, 15) is 8.42 Å². The van der Waals surface area contributed by atoms with Gasteiger partial charge in [0.2, 0.25) is 5.95 Å². The van der Waals surface area contributed by atoms with Gasteiger partial charge in [0, 0.05) is 25.0 Å². The third kappa shape index (κ3) is 4.98. The van der Waals surface area contributed by atoms with Crippen LogP contribution in [0.4, 0.5) is 11.8 Å². The Bertz CT molecular complexity index is 916. The highest BCUT2D eigenvalue weighted by atomic mass is 32.2. The van der Waals surface area contributed by atoms with Gasteiger partial charge in [-0.2, -0.15) is 4.98 Å². The smallest absolute Gasteiger partial charge is 0.226 e. The second-order valence-electron chi connectivity index (χ2n) is 6.12. The Labute approximate surface area is 158 Å². The predicted molar refractivity (Wildman–Crippen MR) is 102 cm³/mol. The summed E-state index contributed by atoms with van der Waals surface area (Å²) in [6, 6.07) is 3.09. The zero-order valence-electron chi connectivity index (χ0n) is 15.9. The fourth-order valence-electron chi connectivity index (χ4n) is 2.35. The molecule has 0 unspecified atom stereocenters. The molecule has 3 N–H and O–H groups in total. The summed E-state index contributed by atoms with van der Waals surface area (Å²) >= 11 is 0. The van der Waals surface area contributed by atoms with Gasteiger partial charge in [-0.25, -0.2) is 13.4 Å². The molecule has 1 aromatic carbocycles. The molecule has 148 valence electrons. The standard InChI is InChI=1S/C17H24N4O5S/c1-10(2)11-6-13(25-4)15(27(5,22)23)7-12(11)26-14-8-19-17(20-9-24-3)21-16(14)18/h6-8,10H,9H2,1-5H3,(H3,18,19,20,21). The lowest BCUT2D eigenvalue weighted by Crippen LogP contribution is -2.09. The fraction of sp³-hybridized carbons (Fsp3) is 0.412. The van der Waals surface area contributed by atoms with Crippen molar-refractivity contribution in [1.82, 2.24) is 9.97 Å². The van der Waals surface area contributed by atoms with Crippen LogP contribution in [0.25, 0.3) is 0 Å². The number of anilines is 2. The topological polar surface area (TPSA) is 126 Å². The number of nitrogen functional groups attached to an aromatic ring is 1. The van der Waals surface area contributed by atoms with Gasteiger partial charge >= 0.3 is 0 Å². The maximum atomic E-state index is 12.1. The van der Waals surface area contributed by atoms with Crippen LogP contribution in [0.15, 0.2) is 23.2 Å². The van der Waals surface area contributed by atoms with Crippen LogP contribution in [0.3, 0.4) is 0 Å². The lowest BCUT2D eigenvalue weighted by atomic mass is 10.0. The molecule has 2 rings (SSSR count). The van der Waals surface area contributed by atoms with E-state index < -0.39 is 9.84 Å². The Balaban J connectivity index is 2.48. The van der Waals surface area contributed by atoms with E-state index in [4.69, 9.17) is 19.9 Å². The van der Waals surface area contributed by atoms with Crippen molar-refractivity contribution in [2.45, 2.75) is 24.7 Å². The van der Waals surface area contributed by atoms with Crippen molar-refractivity contribution in [3.8, 4) is 17.2 Å². The molecule has 9 nitrogen and oxygen atoms in total. The number of ether oxygens (including phenoxy) is 3. The summed E-state index contributed by atoms with van der Waals surface area (Å²) in [5.74, 6) is 1.26. The normalized spacial score (nSPS) is 11.5. The van der Waals surface area contributed by atoms with Crippen LogP contribution in [-0.4, -0.2) is 45.6 Å². The summed E-state index contributed by atoms with van der Waals surface area (Å²) in [6.07, 6.45) is 2.52. The van der Waals surface area contributed by atoms with E-state index >= 15 is 0 Å². The van der Waals surface area contributed by atoms with Crippen LogP contribution in [0.1, 0.15) is 25.3 Å². The first-order chi connectivity index (χ1) is 12.7. The highest BCUT2D eigenvalue weighted by Gasteiger charge is 2.21. The van der Waals surface area contributed by atoms with Crippen LogP contribution in [0.5, 0.6) is 17.2 Å². The Kier molecular flexibility index (Phi) is 6.45. The van der Waals surface area contributed by atoms with E-state index in [0.29, 0.717) is 5.75 Å². The van der Waals surface area contributed by atoms with Crippen molar-refractivity contribution in [2.24, 2.45) is 0 Å². The molecule has 0 radical (unpaired) electrons. The summed E-state index contributed by atoms with van der Waals surface area (Å²) in [6.45, 7) is 4.14. The molecule has 0 amide bonds. The first kappa shape index (κ1) is 20.7. The van der Waals surface area contributed by atoms with Crippen LogP contribution in [0.2, 0.25) is 0 Å². The minimum Gasteiger partial charge on any atom is -0.495 e. The Morgan fingerprint density at radius 3 is 2.41 bits per heavy atom. The zero-order chi connectivity index (χ0) is 20.2. The summed E-state index contributed by atoms with van der Waals surface area (Å²) in [4.78, 5) is 8.23. The molecule has 0 aliphatic carbocycles. The Hall–Kier alpha value is -2.59. The van der Waals surface area contributed by atoms with Crippen molar-refractivity contribution < 1.29 is 22.6 Å². The molecule has 0 bridgehead atoms. The second-order valence-corrected chi connectivity index (χ2v) is 8.11. The molecule has 10 heteroatoms. The number of aromatic nitrogens is 2. The highest BCUT2D eigenvalue weighted by Crippen LogP contribution is 2.39. The molecule has 0 atom stereocenters. The number of sulfone groups is 1. The molecule has 1 aromatic heterocycles. The fourth-order valence-corrected chi connectivity index (χ4v) is 3.18. The first-order valence-corrected chi connectivity index (χ1v) is 10.0. The first-order valence-electron chi connectivity index (χ1n) is 8.12. The van der Waals surface area contributed by atoms with Crippen LogP contribution in [-0.2, 0) is 14.6 Å². The second kappa shape index (κ2) is 8.40. The summed E-state index contributed by atoms with van der Waals surface area (Å²) in [5.41, 5.74) is 6.71. The van der Waals surface area contributed by atoms with Crippen LogP contribution in [0, 0.1) is 0 Å². The molecule has 0 fully saturated rings. The van der Waals surface area contributed by atoms with E-state index in [1.807, 2.05) is 13.8 Å². The lowest BCUT2D eigenvalue weighted by molar-refractivity contribution is 0.220. The van der Waals surface area contributed by atoms with Crippen LogP contribution < -0.4 is 20.5 Å². The van der Waals surface area contributed by atoms with E-state index in [0.717, 1.165) is 11.8 Å². The van der Waals surface area contributed by atoms with Gasteiger partial charge in [0.25, 0.3) is 0 Å². The van der Waals surface area contributed by atoms with Crippen LogP contribution >= 0.6 is 0 Å². The van der Waals surface area contributed by atoms with Crippen molar-refractivity contribution in [3.05, 3.63) is 23.9 Å². The SMILES string of the molecule is COCNc1ncc(Oc2cc(S(C)(=O)=O)c(OC)cc2C(C)C)c(N)n1. The number of nitrogens with one attached hydrogen (secondary N) is 1. The van der Waals surface area contributed by atoms with E-state index in [1.54, 1.807) is 6.07 Å². The number of benzene rings is 1. The maximum absolute atomic E-state index is 12.1. The largest absolute Gasteiger partial charge is 0.495 e. The van der Waals surface area contributed by atoms with Gasteiger partial charge in [-0.1, -0.05) is 13.8 Å². The van der Waals surface area contributed by atoms with E-state index in [1.165, 1.54) is 26.5 Å². The predicted octanol–water partition coefficient (Wildman–Crippen LogP) is 2.40. The average molecular weight is 396 g/mol. The van der Waals surface area contributed by atoms with Gasteiger partial charge < -0.3 is 25.3 Å². The molecule has 27 heavy (non-hydrogen) atoms. The minimum atomic E-state index is -3.52. The number of hydrogen-bond acceptors (Lipinski definition) is 9. The van der Waals surface area contributed by atoms with Gasteiger partial charge in [-0.05, 0) is 12.0 Å². The molecule has 0 saturated carbocycles. The summed E-state index contributed by atoms with van der Waals surface area (Å²) in [5, 5.41) is 2.82. The average Bonchev–Trinajstić information content (AvgIpc) is 2.60. The molecule has 2 aromatic rings. The molecule has 0 saturated heterocycles. The van der Waals surface area contributed by atoms with Crippen molar-refractivity contribution in [2.75, 3.05) is 38.3 Å². The minimum absolute atomic E-state index is 0.0299. The van der Waals surface area contributed by atoms with Gasteiger partial charge in [0.15, 0.2) is 21.4 Å². The molecular formula is C17H24N4O5S. The van der Waals surface area contributed by atoms with Crippen molar-refractivity contribution in [1.29, 1.82) is 0 Å². The maximum Gasteiger partial charge on any atom is 0.226 e. The number of nitrogens with zero attached hydrogens (tertiary/aromatic N) is 2. The van der Waals surface area contributed by atoms with Crippen molar-refractivity contribution >= 4 is 21.6 Å². The lowest BCUT2D eigenvalue weighted by Gasteiger charge is -2.18. The Morgan fingerprint density at radius 2 is 1.89 bits per heavy atom. The number of rotatable bonds is 8.